The summed E-state index contributed by atoms with van der Waals surface area (Å²) in [6.07, 6.45) is 1.35. The first kappa shape index (κ1) is 13.1. The lowest BCUT2D eigenvalue weighted by Crippen LogP contribution is -1.96. The van der Waals surface area contributed by atoms with Crippen LogP contribution in [0.2, 0.25) is 0 Å². The number of halogens is 1. The Morgan fingerprint density at radius 3 is 2.59 bits per heavy atom. The molecule has 5 heteroatoms. The van der Waals surface area contributed by atoms with Crippen LogP contribution in [0.15, 0.2) is 28.4 Å². The van der Waals surface area contributed by atoms with Crippen LogP contribution in [0.5, 0.6) is 5.75 Å². The Balaban J connectivity index is 3.10. The molecule has 86 valence electrons. The molecule has 0 heterocycles. The van der Waals surface area contributed by atoms with Crippen LogP contribution < -0.4 is 10.1 Å². The second kappa shape index (κ2) is 5.93. The van der Waals surface area contributed by atoms with Crippen molar-refractivity contribution in [3.05, 3.63) is 33.9 Å². The van der Waals surface area contributed by atoms with Crippen molar-refractivity contribution >= 4 is 21.6 Å². The van der Waals surface area contributed by atoms with Crippen LogP contribution in [0.1, 0.15) is 5.56 Å². The summed E-state index contributed by atoms with van der Waals surface area (Å²) in [6, 6.07) is 7.22. The van der Waals surface area contributed by atoms with E-state index in [4.69, 9.17) is 15.3 Å². The summed E-state index contributed by atoms with van der Waals surface area (Å²) in [5.74, 6) is 0.672. The third-order valence-corrected chi connectivity index (χ3v) is 3.02. The molecule has 0 atom stereocenters. The number of nitriles is 2. The van der Waals surface area contributed by atoms with Crippen LogP contribution >= 0.6 is 15.9 Å². The second-order valence-corrected chi connectivity index (χ2v) is 4.03. The minimum atomic E-state index is 0.00706. The van der Waals surface area contributed by atoms with E-state index in [9.17, 15) is 0 Å². The molecule has 17 heavy (non-hydrogen) atoms. The molecule has 1 aromatic carbocycles. The molecule has 0 aliphatic heterocycles. The van der Waals surface area contributed by atoms with Crippen LogP contribution in [0, 0.1) is 29.6 Å². The number of nitrogens with one attached hydrogen (secondary N) is 1. The highest BCUT2D eigenvalue weighted by Crippen LogP contribution is 2.33. The Kier molecular flexibility index (Phi) is 4.56. The molecule has 0 aromatic heterocycles. The molecule has 4 nitrogen and oxygen atoms in total. The fourth-order valence-corrected chi connectivity index (χ4v) is 1.60. The quantitative estimate of drug-likeness (QED) is 0.869. The van der Waals surface area contributed by atoms with Gasteiger partial charge in [0.25, 0.3) is 0 Å². The maximum Gasteiger partial charge on any atom is 0.146 e. The largest absolute Gasteiger partial charge is 0.494 e. The van der Waals surface area contributed by atoms with Gasteiger partial charge in [-0.1, -0.05) is 15.9 Å². The predicted octanol–water partition coefficient (Wildman–Crippen LogP) is 3.11. The van der Waals surface area contributed by atoms with Crippen molar-refractivity contribution < 1.29 is 4.74 Å². The molecule has 1 rings (SSSR count). The van der Waals surface area contributed by atoms with Gasteiger partial charge in [0.05, 0.1) is 12.8 Å². The summed E-state index contributed by atoms with van der Waals surface area (Å²) < 4.78 is 6.20. The third kappa shape index (κ3) is 2.99. The molecule has 0 aliphatic rings. The van der Waals surface area contributed by atoms with Gasteiger partial charge < -0.3 is 10.1 Å². The van der Waals surface area contributed by atoms with Gasteiger partial charge in [0, 0.05) is 16.2 Å². The maximum atomic E-state index is 8.61. The lowest BCUT2D eigenvalue weighted by Gasteiger charge is -2.12. The number of methoxy groups -OCH3 is 1. The molecule has 0 bridgehead atoms. The van der Waals surface area contributed by atoms with E-state index in [1.54, 1.807) is 25.3 Å². The number of nitrogens with zero attached hydrogens (tertiary/aromatic N) is 2. The van der Waals surface area contributed by atoms with E-state index in [1.807, 2.05) is 13.0 Å². The van der Waals surface area contributed by atoms with Gasteiger partial charge in [0.15, 0.2) is 0 Å². The van der Waals surface area contributed by atoms with Crippen molar-refractivity contribution in [1.29, 1.82) is 10.5 Å². The monoisotopic (exact) mass is 291 g/mol. The summed E-state index contributed by atoms with van der Waals surface area (Å²) in [5.41, 5.74) is 1.66. The first-order chi connectivity index (χ1) is 8.13. The Morgan fingerprint density at radius 1 is 1.41 bits per heavy atom. The molecule has 0 saturated carbocycles. The molecule has 1 aromatic rings. The van der Waals surface area contributed by atoms with Crippen molar-refractivity contribution in [2.75, 3.05) is 12.4 Å². The Hall–Kier alpha value is -1.98. The van der Waals surface area contributed by atoms with E-state index in [-0.39, 0.29) is 5.57 Å². The number of hydrogen-bond acceptors (Lipinski definition) is 4. The third-order valence-electron chi connectivity index (χ3n) is 2.16. The van der Waals surface area contributed by atoms with Crippen LogP contribution in [0.3, 0.4) is 0 Å². The average molecular weight is 292 g/mol. The number of ether oxygens (including phenoxy) is 1. The van der Waals surface area contributed by atoms with E-state index in [2.05, 4.69) is 21.2 Å². The van der Waals surface area contributed by atoms with E-state index in [0.717, 1.165) is 10.0 Å². The first-order valence-electron chi connectivity index (χ1n) is 4.74. The zero-order valence-electron chi connectivity index (χ0n) is 9.41. The Bertz CT molecular complexity index is 522. The van der Waals surface area contributed by atoms with Gasteiger partial charge >= 0.3 is 0 Å². The highest BCUT2D eigenvalue weighted by atomic mass is 79.9. The first-order valence-corrected chi connectivity index (χ1v) is 5.53. The van der Waals surface area contributed by atoms with Gasteiger partial charge in [0.1, 0.15) is 23.5 Å². The van der Waals surface area contributed by atoms with Crippen LogP contribution in [-0.2, 0) is 0 Å². The minimum Gasteiger partial charge on any atom is -0.494 e. The van der Waals surface area contributed by atoms with Crippen molar-refractivity contribution in [2.24, 2.45) is 0 Å². The van der Waals surface area contributed by atoms with Crippen molar-refractivity contribution in [1.82, 2.24) is 0 Å². The van der Waals surface area contributed by atoms with E-state index < -0.39 is 0 Å². The fourth-order valence-electron chi connectivity index (χ4n) is 1.28. The topological polar surface area (TPSA) is 68.8 Å². The molecule has 0 spiro atoms. The van der Waals surface area contributed by atoms with E-state index in [0.29, 0.717) is 11.4 Å². The van der Waals surface area contributed by atoms with Crippen LogP contribution in [0.4, 0.5) is 5.69 Å². The van der Waals surface area contributed by atoms with Crippen LogP contribution in [-0.4, -0.2) is 7.11 Å². The second-order valence-electron chi connectivity index (χ2n) is 3.18. The Labute approximate surface area is 108 Å². The molecule has 0 fully saturated rings. The summed E-state index contributed by atoms with van der Waals surface area (Å²) in [7, 11) is 1.57. The summed E-state index contributed by atoms with van der Waals surface area (Å²) in [5, 5.41) is 20.1. The summed E-state index contributed by atoms with van der Waals surface area (Å²) >= 11 is 3.40. The van der Waals surface area contributed by atoms with Gasteiger partial charge in [-0.3, -0.25) is 0 Å². The van der Waals surface area contributed by atoms with Gasteiger partial charge in [-0.15, -0.1) is 0 Å². The molecule has 0 aliphatic carbocycles. The maximum absolute atomic E-state index is 8.61. The molecular formula is C12H10BrN3O. The number of hydrogen-bond donors (Lipinski definition) is 1. The smallest absolute Gasteiger partial charge is 0.146 e. The lowest BCUT2D eigenvalue weighted by molar-refractivity contribution is 0.413. The summed E-state index contributed by atoms with van der Waals surface area (Å²) in [4.78, 5) is 0. The van der Waals surface area contributed by atoms with Gasteiger partial charge in [0.2, 0.25) is 0 Å². The zero-order valence-corrected chi connectivity index (χ0v) is 11.0. The molecule has 0 saturated heterocycles. The SMILES string of the molecule is COc1c(NC=C(C#N)C#N)ccc(Br)c1C. The van der Waals surface area contributed by atoms with Gasteiger partial charge in [-0.05, 0) is 19.1 Å². The van der Waals surface area contributed by atoms with Crippen LogP contribution in [0.25, 0.3) is 0 Å². The fraction of sp³-hybridized carbons (Fsp3) is 0.167. The molecule has 0 unspecified atom stereocenters. The standard InChI is InChI=1S/C12H10BrN3O/c1-8-10(13)3-4-11(12(8)17-2)16-7-9(5-14)6-15/h3-4,7,16H,1-2H3. The number of rotatable bonds is 3. The van der Waals surface area contributed by atoms with E-state index >= 15 is 0 Å². The van der Waals surface area contributed by atoms with Gasteiger partial charge in [-0.2, -0.15) is 10.5 Å². The van der Waals surface area contributed by atoms with Crippen molar-refractivity contribution in [2.45, 2.75) is 6.92 Å². The summed E-state index contributed by atoms with van der Waals surface area (Å²) in [6.45, 7) is 1.91. The number of anilines is 1. The Morgan fingerprint density at radius 2 is 2.06 bits per heavy atom. The lowest BCUT2D eigenvalue weighted by atomic mass is 10.2. The van der Waals surface area contributed by atoms with Crippen molar-refractivity contribution in [3.8, 4) is 17.9 Å². The predicted molar refractivity (Wildman–Crippen MR) is 68.4 cm³/mol. The molecule has 0 amide bonds. The van der Waals surface area contributed by atoms with Gasteiger partial charge in [-0.25, -0.2) is 0 Å². The highest BCUT2D eigenvalue weighted by Gasteiger charge is 2.08. The zero-order chi connectivity index (χ0) is 12.8. The minimum absolute atomic E-state index is 0.00706. The normalized spacial score (nSPS) is 8.76. The molecule has 1 N–H and O–H groups in total. The van der Waals surface area contributed by atoms with Crippen molar-refractivity contribution in [3.63, 3.8) is 0 Å². The molecular weight excluding hydrogens is 282 g/mol. The molecule has 0 radical (unpaired) electrons. The highest BCUT2D eigenvalue weighted by molar-refractivity contribution is 9.10. The van der Waals surface area contributed by atoms with E-state index in [1.165, 1.54) is 6.20 Å². The number of benzene rings is 1. The average Bonchev–Trinajstić information content (AvgIpc) is 2.35. The number of allylic oxidation sites excluding steroid dienone is 1.